The molecule has 2 atom stereocenters. The molecule has 2 aromatic carbocycles. The van der Waals surface area contributed by atoms with E-state index >= 15 is 0 Å². The molecule has 0 unspecified atom stereocenters. The molecule has 1 N–H and O–H groups in total. The van der Waals surface area contributed by atoms with E-state index in [4.69, 9.17) is 9.47 Å². The molecule has 7 rings (SSSR count). The first-order valence-corrected chi connectivity index (χ1v) is 16.7. The summed E-state index contributed by atoms with van der Waals surface area (Å²) in [6.07, 6.45) is 8.08. The number of aliphatic hydroxyl groups is 1. The highest BCUT2D eigenvalue weighted by atomic mass is 16.5. The van der Waals surface area contributed by atoms with Crippen LogP contribution in [0, 0.1) is 5.92 Å². The van der Waals surface area contributed by atoms with Crippen molar-refractivity contribution < 1.29 is 19.4 Å². The minimum absolute atomic E-state index is 0.00697. The molecule has 0 radical (unpaired) electrons. The molecule has 49 heavy (non-hydrogen) atoms. The van der Waals surface area contributed by atoms with Gasteiger partial charge in [0.1, 0.15) is 17.8 Å². The van der Waals surface area contributed by atoms with Crippen molar-refractivity contribution >= 4 is 16.9 Å². The Morgan fingerprint density at radius 3 is 2.43 bits per heavy atom. The van der Waals surface area contributed by atoms with E-state index in [0.717, 1.165) is 29.2 Å². The van der Waals surface area contributed by atoms with Crippen LogP contribution >= 0.6 is 0 Å². The van der Waals surface area contributed by atoms with Gasteiger partial charge in [0, 0.05) is 62.3 Å². The number of aromatic nitrogens is 5. The molecular formula is C37H41N7O5. The fraction of sp³-hybridized carbons (Fsp3) is 0.378. The van der Waals surface area contributed by atoms with Gasteiger partial charge in [0.05, 0.1) is 31.8 Å². The standard InChI is InChI=1S/C37H41N7O5/c1-48-28-10-8-27(9-11-28)44-19-13-30-33(44)40-25-43(36(30)46)24-37(47)14-20-42(21-15-37)35(45)29-12-18-41(22-31(29)26-6-4-3-5-7-26)23-32-34(49-2)39-17-16-38-32/h3-11,13,16-17,19,25,29,31,47H,12,14-15,18,20-24H2,1-2H3/t29-,31+/m1/s1. The predicted octanol–water partition coefficient (Wildman–Crippen LogP) is 3.65. The first kappa shape index (κ1) is 32.5. The van der Waals surface area contributed by atoms with Crippen LogP contribution in [0.4, 0.5) is 0 Å². The Hall–Kier alpha value is -5.07. The van der Waals surface area contributed by atoms with Crippen LogP contribution in [-0.2, 0) is 17.9 Å². The first-order chi connectivity index (χ1) is 23.9. The third kappa shape index (κ3) is 6.66. The largest absolute Gasteiger partial charge is 0.497 e. The molecule has 2 saturated heterocycles. The highest BCUT2D eigenvalue weighted by Gasteiger charge is 2.41. The maximum absolute atomic E-state index is 14.1. The van der Waals surface area contributed by atoms with Crippen molar-refractivity contribution in [3.05, 3.63) is 107 Å². The van der Waals surface area contributed by atoms with E-state index in [9.17, 15) is 14.7 Å². The molecule has 0 aliphatic carbocycles. The van der Waals surface area contributed by atoms with Crippen LogP contribution in [0.5, 0.6) is 11.6 Å². The SMILES string of the molecule is COc1ccc(-n2ccc3c(=O)n(CC4(O)CCN(C(=O)[C@@H]5CCN(Cc6nccnc6OC)C[C@H]5c5ccccc5)CC4)cnc32)cc1. The molecule has 254 valence electrons. The second-order valence-electron chi connectivity index (χ2n) is 13.0. The Bertz CT molecular complexity index is 1970. The van der Waals surface area contributed by atoms with Gasteiger partial charge in [-0.05, 0) is 61.7 Å². The number of benzene rings is 2. The smallest absolute Gasteiger partial charge is 0.262 e. The molecule has 2 fully saturated rings. The molecule has 0 spiro atoms. The van der Waals surface area contributed by atoms with Crippen LogP contribution in [0.15, 0.2) is 90.4 Å². The fourth-order valence-electron chi connectivity index (χ4n) is 7.31. The number of carbonyl (C=O) groups excluding carboxylic acids is 1. The summed E-state index contributed by atoms with van der Waals surface area (Å²) in [4.78, 5) is 45.3. The van der Waals surface area contributed by atoms with E-state index in [1.807, 2.05) is 58.1 Å². The number of rotatable bonds is 9. The summed E-state index contributed by atoms with van der Waals surface area (Å²) < 4.78 is 14.0. The van der Waals surface area contributed by atoms with Crippen molar-refractivity contribution in [3.8, 4) is 17.3 Å². The number of hydrogen-bond acceptors (Lipinski definition) is 9. The van der Waals surface area contributed by atoms with Gasteiger partial charge in [-0.3, -0.25) is 24.0 Å². The van der Waals surface area contributed by atoms with Gasteiger partial charge in [-0.25, -0.2) is 9.97 Å². The monoisotopic (exact) mass is 663 g/mol. The Morgan fingerprint density at radius 1 is 0.939 bits per heavy atom. The summed E-state index contributed by atoms with van der Waals surface area (Å²) in [5.74, 6) is 1.20. The Balaban J connectivity index is 1.02. The van der Waals surface area contributed by atoms with E-state index in [-0.39, 0.29) is 29.8 Å². The minimum Gasteiger partial charge on any atom is -0.497 e. The molecule has 12 heteroatoms. The topological polar surface area (TPSA) is 128 Å². The first-order valence-electron chi connectivity index (χ1n) is 16.7. The number of fused-ring (bicyclic) bond motifs is 1. The molecule has 3 aromatic heterocycles. The van der Waals surface area contributed by atoms with E-state index in [1.54, 1.807) is 32.7 Å². The highest BCUT2D eigenvalue weighted by molar-refractivity contribution is 5.80. The third-order valence-electron chi connectivity index (χ3n) is 10.0. The summed E-state index contributed by atoms with van der Waals surface area (Å²) in [6, 6.07) is 19.5. The number of ether oxygens (including phenoxy) is 2. The number of nitrogens with zero attached hydrogens (tertiary/aromatic N) is 7. The van der Waals surface area contributed by atoms with Crippen molar-refractivity contribution in [1.82, 2.24) is 33.9 Å². The second-order valence-corrected chi connectivity index (χ2v) is 13.0. The van der Waals surface area contributed by atoms with Crippen LogP contribution in [0.25, 0.3) is 16.7 Å². The van der Waals surface area contributed by atoms with Gasteiger partial charge in [0.15, 0.2) is 5.65 Å². The number of methoxy groups -OCH3 is 2. The Labute approximate surface area is 284 Å². The highest BCUT2D eigenvalue weighted by Crippen LogP contribution is 2.36. The molecule has 2 aliphatic heterocycles. The van der Waals surface area contributed by atoms with Crippen molar-refractivity contribution in [2.75, 3.05) is 40.4 Å². The van der Waals surface area contributed by atoms with Crippen LogP contribution in [0.1, 0.15) is 36.4 Å². The van der Waals surface area contributed by atoms with Gasteiger partial charge in [-0.15, -0.1) is 0 Å². The average Bonchev–Trinajstić information content (AvgIpc) is 3.58. The maximum Gasteiger partial charge on any atom is 0.262 e. The van der Waals surface area contributed by atoms with Crippen LogP contribution in [0.3, 0.4) is 0 Å². The number of piperidine rings is 2. The molecule has 2 aliphatic rings. The van der Waals surface area contributed by atoms with Crippen LogP contribution in [-0.4, -0.2) is 90.9 Å². The van der Waals surface area contributed by atoms with Crippen molar-refractivity contribution in [2.24, 2.45) is 5.92 Å². The van der Waals surface area contributed by atoms with Crippen molar-refractivity contribution in [2.45, 2.75) is 43.9 Å². The molecule has 0 bridgehead atoms. The summed E-state index contributed by atoms with van der Waals surface area (Å²) >= 11 is 0. The van der Waals surface area contributed by atoms with Gasteiger partial charge in [-0.1, -0.05) is 30.3 Å². The number of amides is 1. The van der Waals surface area contributed by atoms with Gasteiger partial charge >= 0.3 is 0 Å². The van der Waals surface area contributed by atoms with E-state index in [0.29, 0.717) is 62.4 Å². The van der Waals surface area contributed by atoms with E-state index < -0.39 is 5.60 Å². The zero-order valence-electron chi connectivity index (χ0n) is 27.8. The average molecular weight is 664 g/mol. The molecule has 12 nitrogen and oxygen atoms in total. The van der Waals surface area contributed by atoms with Crippen LogP contribution < -0.4 is 15.0 Å². The Kier molecular flexibility index (Phi) is 9.15. The third-order valence-corrected chi connectivity index (χ3v) is 10.0. The van der Waals surface area contributed by atoms with E-state index in [2.05, 4.69) is 32.0 Å². The lowest BCUT2D eigenvalue weighted by Gasteiger charge is -2.43. The quantitative estimate of drug-likeness (QED) is 0.251. The lowest BCUT2D eigenvalue weighted by Crippen LogP contribution is -2.53. The normalized spacial score (nSPS) is 19.5. The van der Waals surface area contributed by atoms with E-state index in [1.165, 1.54) is 10.9 Å². The summed E-state index contributed by atoms with van der Waals surface area (Å²) in [7, 11) is 3.22. The number of likely N-dealkylation sites (tertiary alicyclic amines) is 2. The summed E-state index contributed by atoms with van der Waals surface area (Å²) in [5, 5.41) is 12.1. The van der Waals surface area contributed by atoms with Gasteiger partial charge in [-0.2, -0.15) is 0 Å². The minimum atomic E-state index is -1.13. The zero-order chi connectivity index (χ0) is 34.0. The van der Waals surface area contributed by atoms with Crippen molar-refractivity contribution in [3.63, 3.8) is 0 Å². The van der Waals surface area contributed by atoms with Gasteiger partial charge < -0.3 is 24.0 Å². The molecule has 5 heterocycles. The summed E-state index contributed by atoms with van der Waals surface area (Å²) in [5.41, 5.74) is 1.98. The van der Waals surface area contributed by atoms with Gasteiger partial charge in [0.25, 0.3) is 5.56 Å². The lowest BCUT2D eigenvalue weighted by atomic mass is 9.79. The molecular weight excluding hydrogens is 622 g/mol. The lowest BCUT2D eigenvalue weighted by molar-refractivity contribution is -0.142. The molecule has 0 saturated carbocycles. The van der Waals surface area contributed by atoms with Crippen LogP contribution in [0.2, 0.25) is 0 Å². The predicted molar refractivity (Wildman–Crippen MR) is 184 cm³/mol. The fourth-order valence-corrected chi connectivity index (χ4v) is 7.31. The maximum atomic E-state index is 14.1. The molecule has 5 aromatic rings. The molecule has 1 amide bonds. The number of carbonyl (C=O) groups is 1. The zero-order valence-corrected chi connectivity index (χ0v) is 27.8. The summed E-state index contributed by atoms with van der Waals surface area (Å²) in [6.45, 7) is 3.00. The van der Waals surface area contributed by atoms with Crippen molar-refractivity contribution in [1.29, 1.82) is 0 Å². The van der Waals surface area contributed by atoms with Gasteiger partial charge in [0.2, 0.25) is 11.8 Å². The number of hydrogen-bond donors (Lipinski definition) is 1. The Morgan fingerprint density at radius 2 is 1.69 bits per heavy atom. The second kappa shape index (κ2) is 13.8.